The molecule has 4 rings (SSSR count). The van der Waals surface area contributed by atoms with E-state index < -0.39 is 0 Å². The van der Waals surface area contributed by atoms with Crippen LogP contribution in [0.1, 0.15) is 37.1 Å². The lowest BCUT2D eigenvalue weighted by atomic mass is 10.2. The molecule has 0 spiro atoms. The van der Waals surface area contributed by atoms with Gasteiger partial charge in [0.1, 0.15) is 12.4 Å². The average Bonchev–Trinajstić information content (AvgIpc) is 3.47. The molecule has 1 amide bonds. The summed E-state index contributed by atoms with van der Waals surface area (Å²) in [7, 11) is 2.01. The van der Waals surface area contributed by atoms with Gasteiger partial charge in [-0.25, -0.2) is 0 Å². The van der Waals surface area contributed by atoms with Crippen LogP contribution in [0.25, 0.3) is 0 Å². The number of thioether (sulfide) groups is 1. The summed E-state index contributed by atoms with van der Waals surface area (Å²) in [5.41, 5.74) is 1.37. The van der Waals surface area contributed by atoms with E-state index in [4.69, 9.17) is 0 Å². The summed E-state index contributed by atoms with van der Waals surface area (Å²) in [5.74, 6) is 1.86. The van der Waals surface area contributed by atoms with Gasteiger partial charge in [0.2, 0.25) is 5.91 Å². The molecule has 0 unspecified atom stereocenters. The molecule has 2 heterocycles. The molecular formula is C20H28N5OS+. The standard InChI is InChI=1S/C20H27N5OS/c1-15(27-20-22-21-18(23(20)2)17-8-9-17)19(26)25-12-10-24(11-13-25)14-16-6-4-3-5-7-16/h3-7,15,17H,8-14H2,1-2H3/p+1/t15-/m0/s1. The Balaban J connectivity index is 1.28. The zero-order valence-corrected chi connectivity index (χ0v) is 16.9. The van der Waals surface area contributed by atoms with Gasteiger partial charge in [-0.15, -0.1) is 10.2 Å². The molecule has 1 saturated heterocycles. The second-order valence-electron chi connectivity index (χ2n) is 7.67. The van der Waals surface area contributed by atoms with Gasteiger partial charge >= 0.3 is 0 Å². The number of nitrogens with one attached hydrogen (secondary N) is 1. The highest BCUT2D eigenvalue weighted by Gasteiger charge is 2.31. The van der Waals surface area contributed by atoms with Crippen molar-refractivity contribution in [3.8, 4) is 0 Å². The van der Waals surface area contributed by atoms with Crippen LogP contribution in [0.5, 0.6) is 0 Å². The largest absolute Gasteiger partial charge is 0.330 e. The SMILES string of the molecule is C[C@H](Sc1nnc(C2CC2)n1C)C(=O)N1CC[NH+](Cc2ccccc2)CC1. The number of hydrogen-bond acceptors (Lipinski definition) is 4. The third-order valence-corrected chi connectivity index (χ3v) is 6.64. The molecule has 7 heteroatoms. The zero-order chi connectivity index (χ0) is 18.8. The monoisotopic (exact) mass is 386 g/mol. The third-order valence-electron chi connectivity index (χ3n) is 5.52. The first-order valence-corrected chi connectivity index (χ1v) is 10.7. The molecule has 1 aliphatic heterocycles. The maximum absolute atomic E-state index is 12.9. The van der Waals surface area contributed by atoms with E-state index in [1.165, 1.54) is 30.2 Å². The number of carbonyl (C=O) groups is 1. The molecule has 0 bridgehead atoms. The smallest absolute Gasteiger partial charge is 0.236 e. The number of nitrogens with zero attached hydrogens (tertiary/aromatic N) is 4. The molecule has 27 heavy (non-hydrogen) atoms. The lowest BCUT2D eigenvalue weighted by Gasteiger charge is -2.33. The van der Waals surface area contributed by atoms with Crippen molar-refractivity contribution in [1.82, 2.24) is 19.7 Å². The Morgan fingerprint density at radius 3 is 2.59 bits per heavy atom. The van der Waals surface area contributed by atoms with Crippen LogP contribution in [-0.2, 0) is 18.4 Å². The minimum Gasteiger partial charge on any atom is -0.330 e. The molecule has 1 aromatic heterocycles. The minimum absolute atomic E-state index is 0.129. The van der Waals surface area contributed by atoms with Gasteiger partial charge in [-0.2, -0.15) is 0 Å². The number of amides is 1. The van der Waals surface area contributed by atoms with Crippen molar-refractivity contribution in [2.45, 2.75) is 42.6 Å². The van der Waals surface area contributed by atoms with Crippen LogP contribution in [-0.4, -0.2) is 57.0 Å². The molecule has 1 aromatic carbocycles. The van der Waals surface area contributed by atoms with E-state index in [1.54, 1.807) is 4.90 Å². The lowest BCUT2D eigenvalue weighted by Crippen LogP contribution is -3.13. The Morgan fingerprint density at radius 1 is 1.22 bits per heavy atom. The van der Waals surface area contributed by atoms with Crippen molar-refractivity contribution in [1.29, 1.82) is 0 Å². The van der Waals surface area contributed by atoms with Crippen LogP contribution < -0.4 is 4.90 Å². The van der Waals surface area contributed by atoms with E-state index in [0.29, 0.717) is 5.92 Å². The second-order valence-corrected chi connectivity index (χ2v) is 8.98. The summed E-state index contributed by atoms with van der Waals surface area (Å²) in [4.78, 5) is 16.4. The van der Waals surface area contributed by atoms with Crippen LogP contribution in [0, 0.1) is 0 Å². The van der Waals surface area contributed by atoms with E-state index >= 15 is 0 Å². The van der Waals surface area contributed by atoms with Gasteiger partial charge in [0.05, 0.1) is 31.4 Å². The van der Waals surface area contributed by atoms with Crippen molar-refractivity contribution in [3.63, 3.8) is 0 Å². The first-order valence-electron chi connectivity index (χ1n) is 9.84. The van der Waals surface area contributed by atoms with Gasteiger partial charge in [0, 0.05) is 18.5 Å². The van der Waals surface area contributed by atoms with Crippen LogP contribution >= 0.6 is 11.8 Å². The number of aromatic nitrogens is 3. The summed E-state index contributed by atoms with van der Waals surface area (Å²) in [5, 5.41) is 9.34. The third kappa shape index (κ3) is 4.35. The predicted molar refractivity (Wildman–Crippen MR) is 106 cm³/mol. The van der Waals surface area contributed by atoms with Gasteiger partial charge in [0.15, 0.2) is 5.16 Å². The molecule has 1 saturated carbocycles. The number of quaternary nitrogens is 1. The lowest BCUT2D eigenvalue weighted by molar-refractivity contribution is -0.917. The van der Waals surface area contributed by atoms with Crippen LogP contribution in [0.2, 0.25) is 0 Å². The first kappa shape index (κ1) is 18.5. The molecule has 1 atom stereocenters. The van der Waals surface area contributed by atoms with Gasteiger partial charge in [-0.1, -0.05) is 42.1 Å². The van der Waals surface area contributed by atoms with Crippen LogP contribution in [0.3, 0.4) is 0 Å². The summed E-state index contributed by atoms with van der Waals surface area (Å²) < 4.78 is 2.06. The number of carbonyl (C=O) groups excluding carboxylic acids is 1. The zero-order valence-electron chi connectivity index (χ0n) is 16.1. The fourth-order valence-corrected chi connectivity index (χ4v) is 4.60. The fourth-order valence-electron chi connectivity index (χ4n) is 3.70. The molecular weight excluding hydrogens is 358 g/mol. The molecule has 2 aromatic rings. The van der Waals surface area contributed by atoms with E-state index in [-0.39, 0.29) is 11.2 Å². The van der Waals surface area contributed by atoms with E-state index in [1.807, 2.05) is 18.9 Å². The number of piperazine rings is 1. The maximum atomic E-state index is 12.9. The Kier molecular flexibility index (Phi) is 5.50. The van der Waals surface area contributed by atoms with Gasteiger partial charge in [0.25, 0.3) is 0 Å². The van der Waals surface area contributed by atoms with Crippen LogP contribution in [0.15, 0.2) is 35.5 Å². The maximum Gasteiger partial charge on any atom is 0.236 e. The average molecular weight is 387 g/mol. The molecule has 1 aliphatic carbocycles. The Hall–Kier alpha value is -1.86. The van der Waals surface area contributed by atoms with E-state index in [2.05, 4.69) is 45.1 Å². The molecule has 2 aliphatic rings. The van der Waals surface area contributed by atoms with Crippen molar-refractivity contribution in [2.24, 2.45) is 7.05 Å². The molecule has 1 N–H and O–H groups in total. The molecule has 0 radical (unpaired) electrons. The molecule has 2 fully saturated rings. The molecule has 6 nitrogen and oxygen atoms in total. The Morgan fingerprint density at radius 2 is 1.93 bits per heavy atom. The van der Waals surface area contributed by atoms with Gasteiger partial charge in [-0.05, 0) is 19.8 Å². The highest BCUT2D eigenvalue weighted by Crippen LogP contribution is 2.39. The second kappa shape index (κ2) is 8.02. The molecule has 144 valence electrons. The highest BCUT2D eigenvalue weighted by molar-refractivity contribution is 8.00. The first-order chi connectivity index (χ1) is 13.1. The number of rotatable bonds is 6. The van der Waals surface area contributed by atoms with Gasteiger partial charge in [-0.3, -0.25) is 4.79 Å². The van der Waals surface area contributed by atoms with Crippen molar-refractivity contribution < 1.29 is 9.69 Å². The fraction of sp³-hybridized carbons (Fsp3) is 0.550. The van der Waals surface area contributed by atoms with Crippen LogP contribution in [0.4, 0.5) is 0 Å². The van der Waals surface area contributed by atoms with E-state index in [0.717, 1.165) is 43.7 Å². The summed E-state index contributed by atoms with van der Waals surface area (Å²) >= 11 is 1.53. The Bertz CT molecular complexity index is 781. The number of hydrogen-bond donors (Lipinski definition) is 1. The predicted octanol–water partition coefficient (Wildman–Crippen LogP) is 1.10. The number of benzene rings is 1. The summed E-state index contributed by atoms with van der Waals surface area (Å²) in [6.07, 6.45) is 2.42. The van der Waals surface area contributed by atoms with Crippen molar-refractivity contribution >= 4 is 17.7 Å². The minimum atomic E-state index is -0.129. The normalized spacial score (nSPS) is 19.3. The van der Waals surface area contributed by atoms with E-state index in [9.17, 15) is 4.79 Å². The topological polar surface area (TPSA) is 55.5 Å². The highest BCUT2D eigenvalue weighted by atomic mass is 32.2. The quantitative estimate of drug-likeness (QED) is 0.756. The Labute approximate surface area is 164 Å². The summed E-state index contributed by atoms with van der Waals surface area (Å²) in [6, 6.07) is 10.6. The van der Waals surface area contributed by atoms with Crippen molar-refractivity contribution in [2.75, 3.05) is 26.2 Å². The van der Waals surface area contributed by atoms with Crippen molar-refractivity contribution in [3.05, 3.63) is 41.7 Å². The van der Waals surface area contributed by atoms with Gasteiger partial charge < -0.3 is 14.4 Å². The summed E-state index contributed by atoms with van der Waals surface area (Å²) in [6.45, 7) is 6.70.